The van der Waals surface area contributed by atoms with Gasteiger partial charge in [0.15, 0.2) is 11.7 Å². The second-order valence-corrected chi connectivity index (χ2v) is 5.83. The highest BCUT2D eigenvalue weighted by molar-refractivity contribution is 5.77. The molecular weight excluding hydrogens is 346 g/mol. The summed E-state index contributed by atoms with van der Waals surface area (Å²) in [5.74, 6) is 2.36. The largest absolute Gasteiger partial charge is 0.497 e. The van der Waals surface area contributed by atoms with Crippen molar-refractivity contribution in [2.45, 2.75) is 13.3 Å². The Balaban J connectivity index is 1.96. The highest BCUT2D eigenvalue weighted by Gasteiger charge is 2.17. The lowest BCUT2D eigenvalue weighted by molar-refractivity contribution is -0.140. The van der Waals surface area contributed by atoms with E-state index in [0.29, 0.717) is 18.1 Å². The van der Waals surface area contributed by atoms with E-state index in [4.69, 9.17) is 18.6 Å². The van der Waals surface area contributed by atoms with Crippen molar-refractivity contribution < 1.29 is 23.4 Å². The van der Waals surface area contributed by atoms with Crippen LogP contribution in [-0.4, -0.2) is 31.8 Å². The van der Waals surface area contributed by atoms with Crippen molar-refractivity contribution in [3.63, 3.8) is 0 Å². The molecule has 140 valence electrons. The SMILES string of the molecule is COc1ccc(-c2nc(CCOC(C)=O)oc2-c2ccc(OC)cc2)cc1. The van der Waals surface area contributed by atoms with Gasteiger partial charge in [0.05, 0.1) is 27.2 Å². The summed E-state index contributed by atoms with van der Waals surface area (Å²) in [6, 6.07) is 15.2. The molecule has 0 atom stereocenters. The summed E-state index contributed by atoms with van der Waals surface area (Å²) in [7, 11) is 3.25. The minimum absolute atomic E-state index is 0.222. The molecule has 6 heteroatoms. The number of nitrogens with zero attached hydrogens (tertiary/aromatic N) is 1. The maximum atomic E-state index is 11.0. The van der Waals surface area contributed by atoms with Gasteiger partial charge in [-0.25, -0.2) is 4.98 Å². The molecule has 0 spiro atoms. The van der Waals surface area contributed by atoms with E-state index in [0.717, 1.165) is 28.3 Å². The quantitative estimate of drug-likeness (QED) is 0.585. The highest BCUT2D eigenvalue weighted by atomic mass is 16.5. The number of hydrogen-bond acceptors (Lipinski definition) is 6. The molecule has 0 aliphatic heterocycles. The van der Waals surface area contributed by atoms with E-state index in [1.54, 1.807) is 14.2 Å². The molecule has 0 N–H and O–H groups in total. The Labute approximate surface area is 157 Å². The number of rotatable bonds is 7. The fourth-order valence-corrected chi connectivity index (χ4v) is 2.64. The molecule has 6 nitrogen and oxygen atoms in total. The topological polar surface area (TPSA) is 70.8 Å². The average molecular weight is 367 g/mol. The molecule has 27 heavy (non-hydrogen) atoms. The van der Waals surface area contributed by atoms with Crippen molar-refractivity contribution in [1.29, 1.82) is 0 Å². The van der Waals surface area contributed by atoms with Crippen molar-refractivity contribution in [2.24, 2.45) is 0 Å². The molecule has 2 aromatic carbocycles. The van der Waals surface area contributed by atoms with Crippen molar-refractivity contribution in [3.8, 4) is 34.1 Å². The molecule has 1 heterocycles. The van der Waals surface area contributed by atoms with Gasteiger partial charge in [0.2, 0.25) is 0 Å². The molecule has 0 bridgehead atoms. The number of methoxy groups -OCH3 is 2. The predicted octanol–water partition coefficient (Wildman–Crippen LogP) is 4.13. The van der Waals surface area contributed by atoms with E-state index in [1.807, 2.05) is 48.5 Å². The standard InChI is InChI=1S/C21H21NO5/c1-14(23)26-13-12-19-22-20(15-4-8-17(24-2)9-5-15)21(27-19)16-6-10-18(25-3)11-7-16/h4-11H,12-13H2,1-3H3. The number of esters is 1. The summed E-state index contributed by atoms with van der Waals surface area (Å²) in [4.78, 5) is 15.6. The van der Waals surface area contributed by atoms with Gasteiger partial charge in [-0.3, -0.25) is 4.79 Å². The van der Waals surface area contributed by atoms with Crippen molar-refractivity contribution >= 4 is 5.97 Å². The molecule has 3 rings (SSSR count). The number of oxazole rings is 1. The first kappa shape index (κ1) is 18.5. The number of ether oxygens (including phenoxy) is 3. The zero-order chi connectivity index (χ0) is 19.2. The van der Waals surface area contributed by atoms with E-state index in [-0.39, 0.29) is 12.6 Å². The molecule has 0 unspecified atom stereocenters. The normalized spacial score (nSPS) is 10.5. The van der Waals surface area contributed by atoms with Gasteiger partial charge >= 0.3 is 5.97 Å². The lowest BCUT2D eigenvalue weighted by Gasteiger charge is -2.04. The average Bonchev–Trinajstić information content (AvgIpc) is 3.12. The molecule has 1 aromatic heterocycles. The van der Waals surface area contributed by atoms with Gasteiger partial charge in [-0.15, -0.1) is 0 Å². The Morgan fingerprint density at radius 3 is 2.00 bits per heavy atom. The number of carbonyl (C=O) groups excluding carboxylic acids is 1. The molecule has 0 amide bonds. The van der Waals surface area contributed by atoms with Crippen LogP contribution in [0, 0.1) is 0 Å². The van der Waals surface area contributed by atoms with Gasteiger partial charge in [-0.1, -0.05) is 0 Å². The second kappa shape index (κ2) is 8.40. The smallest absolute Gasteiger partial charge is 0.302 e. The minimum Gasteiger partial charge on any atom is -0.497 e. The number of benzene rings is 2. The first-order valence-electron chi connectivity index (χ1n) is 8.52. The Kier molecular flexibility index (Phi) is 5.76. The Hall–Kier alpha value is -3.28. The van der Waals surface area contributed by atoms with Gasteiger partial charge in [0, 0.05) is 18.1 Å². The third-order valence-corrected chi connectivity index (χ3v) is 4.01. The Bertz CT molecular complexity index is 832. The zero-order valence-corrected chi connectivity index (χ0v) is 15.5. The van der Waals surface area contributed by atoms with Gasteiger partial charge in [0.25, 0.3) is 0 Å². The highest BCUT2D eigenvalue weighted by Crippen LogP contribution is 2.34. The molecule has 0 saturated heterocycles. The molecule has 0 saturated carbocycles. The molecule has 3 aromatic rings. The van der Waals surface area contributed by atoms with E-state index in [2.05, 4.69) is 4.98 Å². The predicted molar refractivity (Wildman–Crippen MR) is 101 cm³/mol. The van der Waals surface area contributed by atoms with Crippen LogP contribution in [-0.2, 0) is 16.0 Å². The summed E-state index contributed by atoms with van der Waals surface area (Å²) in [5, 5.41) is 0. The first-order valence-corrected chi connectivity index (χ1v) is 8.52. The second-order valence-electron chi connectivity index (χ2n) is 5.83. The summed E-state index contributed by atoms with van der Waals surface area (Å²) in [6.07, 6.45) is 0.402. The van der Waals surface area contributed by atoms with Gasteiger partial charge in [-0.2, -0.15) is 0 Å². The van der Waals surface area contributed by atoms with Crippen LogP contribution in [0.4, 0.5) is 0 Å². The Morgan fingerprint density at radius 1 is 0.926 bits per heavy atom. The number of hydrogen-bond donors (Lipinski definition) is 0. The van der Waals surface area contributed by atoms with Gasteiger partial charge in [0.1, 0.15) is 17.2 Å². The monoisotopic (exact) mass is 367 g/mol. The maximum absolute atomic E-state index is 11.0. The van der Waals surface area contributed by atoms with Gasteiger partial charge in [-0.05, 0) is 48.5 Å². The summed E-state index contributed by atoms with van der Waals surface area (Å²) >= 11 is 0. The maximum Gasteiger partial charge on any atom is 0.302 e. The first-order chi connectivity index (χ1) is 13.1. The lowest BCUT2D eigenvalue weighted by atomic mass is 10.1. The number of aromatic nitrogens is 1. The third kappa shape index (κ3) is 4.47. The van der Waals surface area contributed by atoms with Crippen molar-refractivity contribution in [3.05, 3.63) is 54.4 Å². The van der Waals surface area contributed by atoms with Gasteiger partial charge < -0.3 is 18.6 Å². The molecular formula is C21H21NO5. The molecule has 0 aliphatic carbocycles. The molecule has 0 fully saturated rings. The fourth-order valence-electron chi connectivity index (χ4n) is 2.64. The summed E-state index contributed by atoms with van der Waals surface area (Å²) < 4.78 is 21.4. The molecule has 0 radical (unpaired) electrons. The fraction of sp³-hybridized carbons (Fsp3) is 0.238. The van der Waals surface area contributed by atoms with E-state index in [1.165, 1.54) is 6.92 Å². The third-order valence-electron chi connectivity index (χ3n) is 4.01. The van der Waals surface area contributed by atoms with Crippen molar-refractivity contribution in [2.75, 3.05) is 20.8 Å². The summed E-state index contributed by atoms with van der Waals surface area (Å²) in [6.45, 7) is 1.60. The van der Waals surface area contributed by atoms with Crippen LogP contribution in [0.25, 0.3) is 22.6 Å². The number of carbonyl (C=O) groups is 1. The van der Waals surface area contributed by atoms with Crippen LogP contribution in [0.15, 0.2) is 52.9 Å². The van der Waals surface area contributed by atoms with Crippen LogP contribution < -0.4 is 9.47 Å². The zero-order valence-electron chi connectivity index (χ0n) is 15.5. The van der Waals surface area contributed by atoms with Crippen LogP contribution in [0.5, 0.6) is 11.5 Å². The van der Waals surface area contributed by atoms with Crippen LogP contribution >= 0.6 is 0 Å². The van der Waals surface area contributed by atoms with Crippen LogP contribution in [0.2, 0.25) is 0 Å². The van der Waals surface area contributed by atoms with Crippen molar-refractivity contribution in [1.82, 2.24) is 4.98 Å². The summed E-state index contributed by atoms with van der Waals surface area (Å²) in [5.41, 5.74) is 2.51. The molecule has 0 aliphatic rings. The van der Waals surface area contributed by atoms with E-state index >= 15 is 0 Å². The Morgan fingerprint density at radius 2 is 1.48 bits per heavy atom. The van der Waals surface area contributed by atoms with Crippen LogP contribution in [0.1, 0.15) is 12.8 Å². The van der Waals surface area contributed by atoms with Crippen LogP contribution in [0.3, 0.4) is 0 Å². The van der Waals surface area contributed by atoms with E-state index in [9.17, 15) is 4.79 Å². The van der Waals surface area contributed by atoms with E-state index < -0.39 is 0 Å². The lowest BCUT2D eigenvalue weighted by Crippen LogP contribution is -2.03. The minimum atomic E-state index is -0.327.